The maximum absolute atomic E-state index is 10.9. The summed E-state index contributed by atoms with van der Waals surface area (Å²) in [6, 6.07) is 5.20. The van der Waals surface area contributed by atoms with Crippen LogP contribution in [-0.2, 0) is 15.0 Å². The van der Waals surface area contributed by atoms with Gasteiger partial charge in [-0.05, 0) is 6.07 Å². The summed E-state index contributed by atoms with van der Waals surface area (Å²) in [7, 11) is -4.29. The van der Waals surface area contributed by atoms with E-state index in [9.17, 15) is 8.42 Å². The van der Waals surface area contributed by atoms with Crippen molar-refractivity contribution in [2.45, 2.75) is 38.6 Å². The van der Waals surface area contributed by atoms with Crippen molar-refractivity contribution in [1.29, 1.82) is 0 Å². The molecule has 21 heavy (non-hydrogen) atoms. The molecule has 0 radical (unpaired) electrons. The zero-order valence-electron chi connectivity index (χ0n) is 11.8. The Morgan fingerprint density at radius 2 is 2.05 bits per heavy atom. The number of nitrogens with one attached hydrogen (secondary N) is 1. The Bertz CT molecular complexity index is 615. The molecule has 2 rings (SSSR count). The number of fused-ring (bicyclic) bond motifs is 1. The van der Waals surface area contributed by atoms with Gasteiger partial charge in [-0.1, -0.05) is 37.6 Å². The third-order valence-electron chi connectivity index (χ3n) is 3.52. The molecular weight excluding hydrogens is 318 g/mol. The zero-order valence-corrected chi connectivity index (χ0v) is 13.4. The molecule has 0 saturated heterocycles. The second kappa shape index (κ2) is 6.10. The molecule has 0 amide bonds. The predicted molar refractivity (Wildman–Crippen MR) is 78.8 cm³/mol. The maximum atomic E-state index is 10.9. The monoisotopic (exact) mass is 335 g/mol. The molecule has 0 aromatic heterocycles. The number of benzene rings is 1. The molecule has 118 valence electrons. The van der Waals surface area contributed by atoms with Crippen molar-refractivity contribution in [3.63, 3.8) is 0 Å². The molecule has 1 aliphatic rings. The first-order valence-corrected chi connectivity index (χ1v) is 8.49. The van der Waals surface area contributed by atoms with Gasteiger partial charge in [-0.25, -0.2) is 0 Å². The smallest absolute Gasteiger partial charge is 0.333 e. The Labute approximate surface area is 129 Å². The fourth-order valence-electron chi connectivity index (χ4n) is 2.31. The van der Waals surface area contributed by atoms with Gasteiger partial charge in [0, 0.05) is 24.9 Å². The van der Waals surface area contributed by atoms with Crippen LogP contribution in [0.2, 0.25) is 5.02 Å². The van der Waals surface area contributed by atoms with Crippen molar-refractivity contribution in [1.82, 2.24) is 4.72 Å². The van der Waals surface area contributed by atoms with Crippen LogP contribution in [0, 0.1) is 0 Å². The molecule has 0 spiro atoms. The SMILES string of the molecule is CCC1(CC)Oc2c(Cl)cccc2C(CNS(=O)(=O)O)O1. The molecule has 0 bridgehead atoms. The van der Waals surface area contributed by atoms with E-state index in [0.29, 0.717) is 29.2 Å². The van der Waals surface area contributed by atoms with Gasteiger partial charge >= 0.3 is 10.3 Å². The summed E-state index contributed by atoms with van der Waals surface area (Å²) in [5, 5.41) is 0.443. The van der Waals surface area contributed by atoms with E-state index in [1.165, 1.54) is 0 Å². The predicted octanol–water partition coefficient (Wildman–Crippen LogP) is 2.70. The van der Waals surface area contributed by atoms with E-state index < -0.39 is 22.2 Å². The van der Waals surface area contributed by atoms with Crippen LogP contribution in [-0.4, -0.2) is 25.3 Å². The summed E-state index contributed by atoms with van der Waals surface area (Å²) in [6.07, 6.45) is 0.571. The van der Waals surface area contributed by atoms with Crippen molar-refractivity contribution in [2.24, 2.45) is 0 Å². The highest BCUT2D eigenvalue weighted by atomic mass is 35.5. The van der Waals surface area contributed by atoms with Crippen molar-refractivity contribution in [2.75, 3.05) is 6.54 Å². The lowest BCUT2D eigenvalue weighted by atomic mass is 10.0. The molecule has 2 N–H and O–H groups in total. The van der Waals surface area contributed by atoms with E-state index in [1.54, 1.807) is 18.2 Å². The number of rotatable bonds is 5. The Kier molecular flexibility index (Phi) is 4.79. The summed E-state index contributed by atoms with van der Waals surface area (Å²) in [5.74, 6) is -0.361. The summed E-state index contributed by atoms with van der Waals surface area (Å²) in [6.45, 7) is 3.73. The van der Waals surface area contributed by atoms with Gasteiger partial charge in [0.2, 0.25) is 5.79 Å². The largest absolute Gasteiger partial charge is 0.460 e. The summed E-state index contributed by atoms with van der Waals surface area (Å²) in [5.41, 5.74) is 0.649. The second-order valence-corrected chi connectivity index (χ2v) is 6.45. The van der Waals surface area contributed by atoms with Crippen LogP contribution >= 0.6 is 11.6 Å². The van der Waals surface area contributed by atoms with Gasteiger partial charge in [-0.2, -0.15) is 13.1 Å². The van der Waals surface area contributed by atoms with Gasteiger partial charge in [0.05, 0.1) is 5.02 Å². The quantitative estimate of drug-likeness (QED) is 0.808. The molecule has 0 saturated carbocycles. The number of hydrogen-bond acceptors (Lipinski definition) is 4. The molecule has 1 atom stereocenters. The molecule has 0 fully saturated rings. The molecule has 0 aliphatic carbocycles. The average molecular weight is 336 g/mol. The average Bonchev–Trinajstić information content (AvgIpc) is 2.44. The number of para-hydroxylation sites is 1. The van der Waals surface area contributed by atoms with E-state index in [1.807, 2.05) is 18.6 Å². The van der Waals surface area contributed by atoms with Crippen LogP contribution in [0.5, 0.6) is 5.75 Å². The minimum absolute atomic E-state index is 0.0999. The van der Waals surface area contributed by atoms with Crippen molar-refractivity contribution in [3.8, 4) is 5.75 Å². The van der Waals surface area contributed by atoms with Gasteiger partial charge < -0.3 is 9.47 Å². The minimum atomic E-state index is -4.29. The van der Waals surface area contributed by atoms with Gasteiger partial charge in [0.15, 0.2) is 0 Å². The highest BCUT2D eigenvalue weighted by molar-refractivity contribution is 7.83. The van der Waals surface area contributed by atoms with E-state index in [2.05, 4.69) is 0 Å². The van der Waals surface area contributed by atoms with Crippen LogP contribution in [0.15, 0.2) is 18.2 Å². The first-order valence-electron chi connectivity index (χ1n) is 6.67. The fraction of sp³-hybridized carbons (Fsp3) is 0.538. The van der Waals surface area contributed by atoms with Crippen LogP contribution < -0.4 is 9.46 Å². The Balaban J connectivity index is 2.38. The Morgan fingerprint density at radius 1 is 1.38 bits per heavy atom. The van der Waals surface area contributed by atoms with Crippen LogP contribution in [0.4, 0.5) is 0 Å². The molecule has 1 unspecified atom stereocenters. The Hall–Kier alpha value is -0.860. The van der Waals surface area contributed by atoms with Gasteiger partial charge in [0.25, 0.3) is 0 Å². The molecule has 1 aliphatic heterocycles. The number of hydrogen-bond donors (Lipinski definition) is 2. The van der Waals surface area contributed by atoms with Gasteiger partial charge in [-0.3, -0.25) is 4.55 Å². The van der Waals surface area contributed by atoms with E-state index in [0.717, 1.165) is 0 Å². The topological polar surface area (TPSA) is 84.9 Å². The summed E-state index contributed by atoms with van der Waals surface area (Å²) >= 11 is 6.17. The number of halogens is 1. The van der Waals surface area contributed by atoms with Gasteiger partial charge in [-0.15, -0.1) is 0 Å². The molecular formula is C13H18ClNO5S. The Morgan fingerprint density at radius 3 is 2.62 bits per heavy atom. The van der Waals surface area contributed by atoms with Crippen LogP contribution in [0.3, 0.4) is 0 Å². The molecule has 6 nitrogen and oxygen atoms in total. The third-order valence-corrected chi connectivity index (χ3v) is 4.35. The fourth-order valence-corrected chi connectivity index (χ4v) is 2.90. The normalized spacial score (nSPS) is 20.7. The molecule has 8 heteroatoms. The number of ether oxygens (including phenoxy) is 2. The van der Waals surface area contributed by atoms with Crippen molar-refractivity contribution in [3.05, 3.63) is 28.8 Å². The minimum Gasteiger partial charge on any atom is -0.460 e. The standard InChI is InChI=1S/C13H18ClNO5S/c1-3-13(4-2)19-11(8-15-21(16,17)18)9-6-5-7-10(14)12(9)20-13/h5-7,11,15H,3-4,8H2,1-2H3,(H,16,17,18). The second-order valence-electron chi connectivity index (χ2n) is 4.81. The highest BCUT2D eigenvalue weighted by Crippen LogP contribution is 2.44. The van der Waals surface area contributed by atoms with E-state index in [-0.39, 0.29) is 6.54 Å². The van der Waals surface area contributed by atoms with Crippen LogP contribution in [0.25, 0.3) is 0 Å². The van der Waals surface area contributed by atoms with E-state index in [4.69, 9.17) is 25.6 Å². The molecule has 1 aromatic rings. The first kappa shape index (κ1) is 16.5. The lowest BCUT2D eigenvalue weighted by Gasteiger charge is -2.41. The molecule has 1 heterocycles. The van der Waals surface area contributed by atoms with Gasteiger partial charge in [0.1, 0.15) is 11.9 Å². The maximum Gasteiger partial charge on any atom is 0.333 e. The third kappa shape index (κ3) is 3.67. The molecule has 1 aromatic carbocycles. The van der Waals surface area contributed by atoms with E-state index >= 15 is 0 Å². The van der Waals surface area contributed by atoms with Crippen molar-refractivity contribution >= 4 is 21.9 Å². The summed E-state index contributed by atoms with van der Waals surface area (Å²) < 4.78 is 44.5. The zero-order chi connectivity index (χ0) is 15.7. The summed E-state index contributed by atoms with van der Waals surface area (Å²) in [4.78, 5) is 0. The lowest BCUT2D eigenvalue weighted by molar-refractivity contribution is -0.231. The van der Waals surface area contributed by atoms with Crippen LogP contribution in [0.1, 0.15) is 38.4 Å². The first-order chi connectivity index (χ1) is 9.80. The lowest BCUT2D eigenvalue weighted by Crippen LogP contribution is -2.45. The highest BCUT2D eigenvalue weighted by Gasteiger charge is 2.40. The van der Waals surface area contributed by atoms with Crippen molar-refractivity contribution < 1.29 is 22.4 Å².